The monoisotopic (exact) mass is 367 g/mol. The van der Waals surface area contributed by atoms with Gasteiger partial charge in [-0.3, -0.25) is 9.36 Å². The molecule has 9 nitrogen and oxygen atoms in total. The van der Waals surface area contributed by atoms with Gasteiger partial charge in [-0.2, -0.15) is 0 Å². The maximum Gasteiger partial charge on any atom is 0.325 e. The van der Waals surface area contributed by atoms with E-state index in [1.54, 1.807) is 13.2 Å². The lowest BCUT2D eigenvalue weighted by Gasteiger charge is -2.33. The maximum absolute atomic E-state index is 11.9. The lowest BCUT2D eigenvalue weighted by atomic mass is 9.94. The Kier molecular flexibility index (Phi) is 5.08. The third-order valence-electron chi connectivity index (χ3n) is 4.66. The van der Waals surface area contributed by atoms with E-state index in [2.05, 4.69) is 25.2 Å². The Hall–Kier alpha value is -1.96. The first-order valence-electron chi connectivity index (χ1n) is 8.22. The molecule has 2 aromatic heterocycles. The number of H-pyrrole nitrogens is 1. The highest BCUT2D eigenvalue weighted by Crippen LogP contribution is 2.38. The average molecular weight is 367 g/mol. The molecule has 3 heterocycles. The Balaban J connectivity index is 1.72. The molecule has 0 spiro atoms. The van der Waals surface area contributed by atoms with Gasteiger partial charge in [-0.1, -0.05) is 0 Å². The van der Waals surface area contributed by atoms with Crippen LogP contribution in [0.1, 0.15) is 29.6 Å². The summed E-state index contributed by atoms with van der Waals surface area (Å²) in [6.45, 7) is 1.51. The van der Waals surface area contributed by atoms with Crippen molar-refractivity contribution in [2.75, 3.05) is 31.2 Å². The Morgan fingerprint density at radius 1 is 1.40 bits per heavy atom. The fourth-order valence-electron chi connectivity index (χ4n) is 3.26. The summed E-state index contributed by atoms with van der Waals surface area (Å²) in [5.41, 5.74) is 1.81. The van der Waals surface area contributed by atoms with Crippen molar-refractivity contribution >= 4 is 30.4 Å². The third-order valence-corrected chi connectivity index (χ3v) is 5.50. The SMILES string of the molecule is CNC(=O)c1c[nH]c2c(N3CCC(CCP(=O)(O)O)CC3)ncnc12. The third kappa shape index (κ3) is 4.00. The van der Waals surface area contributed by atoms with Crippen LogP contribution in [0.3, 0.4) is 0 Å². The van der Waals surface area contributed by atoms with Crippen LogP contribution in [0, 0.1) is 5.92 Å². The van der Waals surface area contributed by atoms with E-state index < -0.39 is 7.60 Å². The van der Waals surface area contributed by atoms with E-state index in [4.69, 9.17) is 9.79 Å². The molecule has 1 fully saturated rings. The van der Waals surface area contributed by atoms with Crippen LogP contribution in [0.2, 0.25) is 0 Å². The number of rotatable bonds is 5. The summed E-state index contributed by atoms with van der Waals surface area (Å²) in [7, 11) is -2.35. The highest BCUT2D eigenvalue weighted by Gasteiger charge is 2.25. The second-order valence-electron chi connectivity index (χ2n) is 6.31. The fraction of sp³-hybridized carbons (Fsp3) is 0.533. The summed E-state index contributed by atoms with van der Waals surface area (Å²) in [4.78, 5) is 43.7. The number of anilines is 1. The first-order chi connectivity index (χ1) is 11.9. The van der Waals surface area contributed by atoms with Gasteiger partial charge in [0, 0.05) is 26.3 Å². The number of amides is 1. The Bertz CT molecular complexity index is 809. The van der Waals surface area contributed by atoms with E-state index in [1.165, 1.54) is 6.33 Å². The molecule has 4 N–H and O–H groups in total. The highest BCUT2D eigenvalue weighted by atomic mass is 31.2. The van der Waals surface area contributed by atoms with Crippen LogP contribution in [-0.2, 0) is 4.57 Å². The van der Waals surface area contributed by atoms with Crippen molar-refractivity contribution in [3.63, 3.8) is 0 Å². The molecule has 2 aromatic rings. The zero-order chi connectivity index (χ0) is 18.0. The first-order valence-corrected chi connectivity index (χ1v) is 10.0. The predicted octanol–water partition coefficient (Wildman–Crippen LogP) is 1.10. The van der Waals surface area contributed by atoms with Crippen LogP contribution < -0.4 is 10.2 Å². The Labute approximate surface area is 145 Å². The van der Waals surface area contributed by atoms with Crippen molar-refractivity contribution in [3.8, 4) is 0 Å². The van der Waals surface area contributed by atoms with Crippen molar-refractivity contribution in [2.24, 2.45) is 5.92 Å². The van der Waals surface area contributed by atoms with E-state index in [0.717, 1.165) is 37.3 Å². The van der Waals surface area contributed by atoms with E-state index in [-0.39, 0.29) is 12.1 Å². The van der Waals surface area contributed by atoms with E-state index in [0.29, 0.717) is 23.4 Å². The van der Waals surface area contributed by atoms with Crippen molar-refractivity contribution in [2.45, 2.75) is 19.3 Å². The number of fused-ring (bicyclic) bond motifs is 1. The molecule has 136 valence electrons. The van der Waals surface area contributed by atoms with Crippen LogP contribution in [0.5, 0.6) is 0 Å². The quantitative estimate of drug-likeness (QED) is 0.582. The molecule has 3 rings (SSSR count). The van der Waals surface area contributed by atoms with Crippen LogP contribution in [0.15, 0.2) is 12.5 Å². The average Bonchev–Trinajstić information content (AvgIpc) is 3.03. The second-order valence-corrected chi connectivity index (χ2v) is 8.09. The van der Waals surface area contributed by atoms with Gasteiger partial charge in [-0.15, -0.1) is 0 Å². The van der Waals surface area contributed by atoms with Crippen LogP contribution in [-0.4, -0.2) is 56.9 Å². The van der Waals surface area contributed by atoms with Gasteiger partial charge in [0.1, 0.15) is 17.4 Å². The minimum atomic E-state index is -3.93. The van der Waals surface area contributed by atoms with Gasteiger partial charge >= 0.3 is 7.60 Å². The number of hydrogen-bond acceptors (Lipinski definition) is 5. The van der Waals surface area contributed by atoms with E-state index in [1.807, 2.05) is 0 Å². The van der Waals surface area contributed by atoms with E-state index >= 15 is 0 Å². The molecule has 1 saturated heterocycles. The van der Waals surface area contributed by atoms with Gasteiger partial charge < -0.3 is 25.0 Å². The number of nitrogens with one attached hydrogen (secondary N) is 2. The van der Waals surface area contributed by atoms with Gasteiger partial charge in [-0.25, -0.2) is 9.97 Å². The van der Waals surface area contributed by atoms with Crippen LogP contribution >= 0.6 is 7.60 Å². The number of aromatic amines is 1. The molecule has 10 heteroatoms. The van der Waals surface area contributed by atoms with Gasteiger partial charge in [0.05, 0.1) is 11.7 Å². The molecule has 1 aliphatic heterocycles. The summed E-state index contributed by atoms with van der Waals surface area (Å²) in [6, 6.07) is 0. The Morgan fingerprint density at radius 2 is 2.12 bits per heavy atom. The zero-order valence-electron chi connectivity index (χ0n) is 14.0. The van der Waals surface area contributed by atoms with Crippen molar-refractivity contribution < 1.29 is 19.1 Å². The van der Waals surface area contributed by atoms with Crippen molar-refractivity contribution in [1.29, 1.82) is 0 Å². The van der Waals surface area contributed by atoms with Gasteiger partial charge in [0.2, 0.25) is 0 Å². The fourth-order valence-corrected chi connectivity index (χ4v) is 3.96. The van der Waals surface area contributed by atoms with Crippen molar-refractivity contribution in [1.82, 2.24) is 20.3 Å². The van der Waals surface area contributed by atoms with Crippen LogP contribution in [0.4, 0.5) is 5.82 Å². The summed E-state index contributed by atoms with van der Waals surface area (Å²) in [5.74, 6) is 0.868. The number of aromatic nitrogens is 3. The zero-order valence-corrected chi connectivity index (χ0v) is 14.9. The minimum absolute atomic E-state index is 0.0540. The molecular weight excluding hydrogens is 345 g/mol. The smallest absolute Gasteiger partial charge is 0.325 e. The molecule has 0 aromatic carbocycles. The highest BCUT2D eigenvalue weighted by molar-refractivity contribution is 7.51. The minimum Gasteiger partial charge on any atom is -0.356 e. The molecular formula is C15H22N5O4P. The summed E-state index contributed by atoms with van der Waals surface area (Å²) in [5, 5.41) is 2.59. The second kappa shape index (κ2) is 7.11. The molecule has 0 atom stereocenters. The number of piperidine rings is 1. The molecule has 0 radical (unpaired) electrons. The lowest BCUT2D eigenvalue weighted by Crippen LogP contribution is -2.34. The van der Waals surface area contributed by atoms with Gasteiger partial charge in [0.15, 0.2) is 5.82 Å². The number of carbonyl (C=O) groups excluding carboxylic acids is 1. The summed E-state index contributed by atoms with van der Waals surface area (Å²) >= 11 is 0. The number of hydrogen-bond donors (Lipinski definition) is 4. The summed E-state index contributed by atoms with van der Waals surface area (Å²) in [6.07, 6.45) is 5.29. The molecule has 1 aliphatic rings. The number of carbonyl (C=O) groups is 1. The number of nitrogens with zero attached hydrogens (tertiary/aromatic N) is 3. The van der Waals surface area contributed by atoms with Crippen molar-refractivity contribution in [3.05, 3.63) is 18.1 Å². The first kappa shape index (κ1) is 17.8. The predicted molar refractivity (Wildman–Crippen MR) is 93.7 cm³/mol. The Morgan fingerprint density at radius 3 is 2.76 bits per heavy atom. The molecule has 25 heavy (non-hydrogen) atoms. The normalized spacial score (nSPS) is 16.4. The van der Waals surface area contributed by atoms with Gasteiger partial charge in [0.25, 0.3) is 5.91 Å². The standard InChI is InChI=1S/C15H22N5O4P/c1-16-15(21)11-8-17-13-12(11)18-9-19-14(13)20-5-2-10(3-6-20)4-7-25(22,23)24/h8-10,17H,2-7H2,1H3,(H,16,21)(H2,22,23,24). The van der Waals surface area contributed by atoms with Crippen LogP contribution in [0.25, 0.3) is 11.0 Å². The van der Waals surface area contributed by atoms with E-state index in [9.17, 15) is 9.36 Å². The molecule has 0 saturated carbocycles. The maximum atomic E-state index is 11.9. The molecule has 1 amide bonds. The van der Waals surface area contributed by atoms with Gasteiger partial charge in [-0.05, 0) is 25.2 Å². The topological polar surface area (TPSA) is 131 Å². The summed E-state index contributed by atoms with van der Waals surface area (Å²) < 4.78 is 11.0. The lowest BCUT2D eigenvalue weighted by molar-refractivity contribution is 0.0964. The molecule has 0 unspecified atom stereocenters. The largest absolute Gasteiger partial charge is 0.356 e. The molecule has 0 aliphatic carbocycles. The molecule has 0 bridgehead atoms.